The zero-order chi connectivity index (χ0) is 31.0. The summed E-state index contributed by atoms with van der Waals surface area (Å²) in [7, 11) is 4.09. The number of nitrogens with zero attached hydrogens (tertiary/aromatic N) is 6. The Morgan fingerprint density at radius 1 is 0.955 bits per heavy atom. The van der Waals surface area contributed by atoms with Crippen LogP contribution in [0.4, 0.5) is 19.0 Å². The lowest BCUT2D eigenvalue weighted by atomic mass is 9.97. The van der Waals surface area contributed by atoms with Crippen LogP contribution in [0.1, 0.15) is 58.8 Å². The van der Waals surface area contributed by atoms with Gasteiger partial charge in [0.2, 0.25) is 27.7 Å². The summed E-state index contributed by atoms with van der Waals surface area (Å²) < 4.78 is 62.1. The quantitative estimate of drug-likeness (QED) is 0.236. The number of piperidine rings is 2. The zero-order valence-corrected chi connectivity index (χ0v) is 25.3. The fourth-order valence-electron chi connectivity index (χ4n) is 5.77. The molecule has 0 radical (unpaired) electrons. The SMILES string of the molecule is COc1cc(N2CCC(c3nc(C(=O)N4CCC([s+]5cnc6cc(C(F)(F)F)ccc65)CC4)c(OC)o3)CC2)nc(OC)n1. The molecule has 44 heavy (non-hydrogen) atoms. The van der Waals surface area contributed by atoms with E-state index >= 15 is 0 Å². The lowest BCUT2D eigenvalue weighted by Crippen LogP contribution is -2.37. The van der Waals surface area contributed by atoms with Crippen molar-refractivity contribution in [2.75, 3.05) is 52.4 Å². The Balaban J connectivity index is 1.10. The molecule has 2 saturated heterocycles. The fourth-order valence-corrected chi connectivity index (χ4v) is 7.94. The molecule has 1 atom stereocenters. The van der Waals surface area contributed by atoms with Crippen LogP contribution in [0.15, 0.2) is 34.2 Å². The van der Waals surface area contributed by atoms with Gasteiger partial charge in [-0.25, -0.2) is 4.98 Å². The number of rotatable bonds is 7. The van der Waals surface area contributed by atoms with Gasteiger partial charge in [0.1, 0.15) is 16.6 Å². The number of hydrogen-bond donors (Lipinski definition) is 0. The monoisotopic (exact) mass is 633 g/mol. The molecule has 4 aromatic rings. The van der Waals surface area contributed by atoms with Crippen molar-refractivity contribution in [1.82, 2.24) is 24.8 Å². The molecule has 2 aliphatic rings. The number of hydrogen-bond acceptors (Lipinski definition) is 10. The van der Waals surface area contributed by atoms with Crippen LogP contribution >= 0.6 is 10.5 Å². The highest BCUT2D eigenvalue weighted by molar-refractivity contribution is 7.36. The van der Waals surface area contributed by atoms with Gasteiger partial charge in [-0.2, -0.15) is 28.1 Å². The molecule has 0 aliphatic carbocycles. The van der Waals surface area contributed by atoms with Crippen molar-refractivity contribution in [2.45, 2.75) is 43.0 Å². The van der Waals surface area contributed by atoms with E-state index < -0.39 is 22.2 Å². The molecule has 0 bridgehead atoms. The van der Waals surface area contributed by atoms with E-state index in [-0.39, 0.29) is 34.7 Å². The van der Waals surface area contributed by atoms with E-state index in [9.17, 15) is 18.0 Å². The van der Waals surface area contributed by atoms with E-state index in [1.54, 1.807) is 22.5 Å². The summed E-state index contributed by atoms with van der Waals surface area (Å²) in [6, 6.07) is 5.76. The molecule has 0 saturated carbocycles. The molecule has 11 nitrogen and oxygen atoms in total. The number of carbonyl (C=O) groups is 1. The summed E-state index contributed by atoms with van der Waals surface area (Å²) in [5.41, 5.74) is 1.60. The molecule has 6 rings (SSSR count). The first-order valence-electron chi connectivity index (χ1n) is 14.2. The van der Waals surface area contributed by atoms with Gasteiger partial charge in [-0.1, -0.05) is 0 Å². The second-order valence-corrected chi connectivity index (χ2v) is 12.7. The van der Waals surface area contributed by atoms with Crippen LogP contribution in [0, 0.1) is 0 Å². The van der Waals surface area contributed by atoms with Gasteiger partial charge in [-0.05, 0) is 25.0 Å². The summed E-state index contributed by atoms with van der Waals surface area (Å²) in [6.07, 6.45) is -1.55. The molecule has 0 N–H and O–H groups in total. The molecule has 15 heteroatoms. The molecule has 0 spiro atoms. The van der Waals surface area contributed by atoms with Crippen molar-refractivity contribution in [1.29, 1.82) is 0 Å². The smallest absolute Gasteiger partial charge is 0.416 e. The number of halogens is 3. The van der Waals surface area contributed by atoms with Crippen LogP contribution in [0.5, 0.6) is 17.8 Å². The number of amides is 1. The van der Waals surface area contributed by atoms with Crippen molar-refractivity contribution in [3.05, 3.63) is 46.9 Å². The fraction of sp³-hybridized carbons (Fsp3) is 0.483. The molecule has 2 fully saturated rings. The van der Waals surface area contributed by atoms with Crippen molar-refractivity contribution in [3.63, 3.8) is 0 Å². The predicted octanol–water partition coefficient (Wildman–Crippen LogP) is 5.67. The van der Waals surface area contributed by atoms with Crippen LogP contribution in [0.2, 0.25) is 0 Å². The summed E-state index contributed by atoms with van der Waals surface area (Å²) >= 11 is 0. The Kier molecular flexibility index (Phi) is 8.22. The van der Waals surface area contributed by atoms with Crippen molar-refractivity contribution in [3.8, 4) is 17.8 Å². The van der Waals surface area contributed by atoms with Gasteiger partial charge >= 0.3 is 18.1 Å². The minimum absolute atomic E-state index is 0.00107. The van der Waals surface area contributed by atoms with Crippen molar-refractivity contribution >= 4 is 32.4 Å². The lowest BCUT2D eigenvalue weighted by Gasteiger charge is -2.31. The Labute approximate surface area is 253 Å². The van der Waals surface area contributed by atoms with Gasteiger partial charge in [-0.15, -0.1) is 0 Å². The van der Waals surface area contributed by atoms with Gasteiger partial charge in [0.25, 0.3) is 5.91 Å². The molecule has 1 amide bonds. The Morgan fingerprint density at radius 2 is 1.70 bits per heavy atom. The number of methoxy groups -OCH3 is 3. The van der Waals surface area contributed by atoms with Gasteiger partial charge in [0, 0.05) is 67.5 Å². The average molecular weight is 634 g/mol. The minimum Gasteiger partial charge on any atom is -0.481 e. The number of likely N-dealkylation sites (tertiary alicyclic amines) is 1. The van der Waals surface area contributed by atoms with Gasteiger partial charge in [0.15, 0.2) is 0 Å². The van der Waals surface area contributed by atoms with E-state index in [1.807, 2.05) is 0 Å². The number of alkyl halides is 3. The first-order chi connectivity index (χ1) is 21.2. The summed E-state index contributed by atoms with van der Waals surface area (Å²) in [5.74, 6) is 1.43. The molecule has 3 aromatic heterocycles. The normalized spacial score (nSPS) is 17.3. The van der Waals surface area contributed by atoms with Crippen LogP contribution in [0.25, 0.3) is 10.2 Å². The second kappa shape index (κ2) is 12.1. The first kappa shape index (κ1) is 29.9. The third kappa shape index (κ3) is 5.84. The van der Waals surface area contributed by atoms with Crippen LogP contribution < -0.4 is 19.1 Å². The lowest BCUT2D eigenvalue weighted by molar-refractivity contribution is -0.137. The summed E-state index contributed by atoms with van der Waals surface area (Å²) in [4.78, 5) is 34.9. The van der Waals surface area contributed by atoms with Crippen LogP contribution in [-0.2, 0) is 6.18 Å². The summed E-state index contributed by atoms with van der Waals surface area (Å²) in [6.45, 7) is 2.35. The van der Waals surface area contributed by atoms with Crippen LogP contribution in [-0.4, -0.2) is 78.3 Å². The largest absolute Gasteiger partial charge is 0.481 e. The van der Waals surface area contributed by atoms with Crippen molar-refractivity contribution < 1.29 is 36.6 Å². The number of carbonyl (C=O) groups excluding carboxylic acids is 1. The highest BCUT2D eigenvalue weighted by Gasteiger charge is 2.37. The van der Waals surface area contributed by atoms with E-state index in [0.717, 1.165) is 29.7 Å². The summed E-state index contributed by atoms with van der Waals surface area (Å²) in [5, 5.41) is 0.190. The minimum atomic E-state index is -4.41. The highest BCUT2D eigenvalue weighted by Crippen LogP contribution is 2.45. The second-order valence-electron chi connectivity index (χ2n) is 10.7. The Morgan fingerprint density at radius 3 is 2.36 bits per heavy atom. The number of benzene rings is 1. The van der Waals surface area contributed by atoms with E-state index in [0.29, 0.717) is 62.1 Å². The highest BCUT2D eigenvalue weighted by atomic mass is 32.2. The van der Waals surface area contributed by atoms with E-state index in [1.165, 1.54) is 21.3 Å². The van der Waals surface area contributed by atoms with E-state index in [2.05, 4.69) is 24.8 Å². The van der Waals surface area contributed by atoms with Gasteiger partial charge < -0.3 is 28.4 Å². The average Bonchev–Trinajstić information content (AvgIpc) is 3.68. The Hall–Kier alpha value is -4.14. The number of oxazole rings is 1. The van der Waals surface area contributed by atoms with Crippen molar-refractivity contribution in [2.24, 2.45) is 0 Å². The third-order valence-electron chi connectivity index (χ3n) is 8.16. The predicted molar refractivity (Wildman–Crippen MR) is 156 cm³/mol. The number of ether oxygens (including phenoxy) is 3. The maximum absolute atomic E-state index is 13.5. The number of aromatic nitrogens is 4. The molecule has 5 heterocycles. The maximum Gasteiger partial charge on any atom is 0.416 e. The molecular weight excluding hydrogens is 601 g/mol. The van der Waals surface area contributed by atoms with Gasteiger partial charge in [-0.3, -0.25) is 4.79 Å². The van der Waals surface area contributed by atoms with E-state index in [4.69, 9.17) is 18.6 Å². The Bertz CT molecular complexity index is 1620. The third-order valence-corrected chi connectivity index (χ3v) is 10.5. The number of anilines is 1. The molecule has 1 aromatic carbocycles. The van der Waals surface area contributed by atoms with Crippen LogP contribution in [0.3, 0.4) is 0 Å². The molecule has 234 valence electrons. The zero-order valence-electron chi connectivity index (χ0n) is 24.5. The number of thiazole rings is 1. The number of fused-ring (bicyclic) bond motifs is 1. The topological polar surface area (TPSA) is 116 Å². The van der Waals surface area contributed by atoms with Gasteiger partial charge in [0.05, 0.1) is 26.9 Å². The maximum atomic E-state index is 13.5. The molecule has 1 unspecified atom stereocenters. The molecule has 2 aliphatic heterocycles. The first-order valence-corrected chi connectivity index (χ1v) is 15.6. The molecular formula is C29H32F3N6O5S+. The standard InChI is InChI=1S/C29H32F3N6O5S/c1-40-23-15-22(34-28(35-23)42-3)37-10-6-17(7-11-37)25-36-24(27(41-2)43-25)26(39)38-12-8-19(9-13-38)44-16-33-20-14-18(29(30,31)32)4-5-21(20)44/h4-5,14-17,19H,6-13H2,1-3H3/q+1.